The van der Waals surface area contributed by atoms with E-state index < -0.39 is 0 Å². The smallest absolute Gasteiger partial charge is 0.269 e. The maximum absolute atomic E-state index is 11.9. The lowest BCUT2D eigenvalue weighted by Gasteiger charge is -2.06. The van der Waals surface area contributed by atoms with Gasteiger partial charge in [0.15, 0.2) is 0 Å². The van der Waals surface area contributed by atoms with Crippen molar-refractivity contribution in [1.82, 2.24) is 19.7 Å². The lowest BCUT2D eigenvalue weighted by Crippen LogP contribution is -2.20. The van der Waals surface area contributed by atoms with Crippen LogP contribution in [0.5, 0.6) is 0 Å². The Kier molecular flexibility index (Phi) is 2.81. The first-order valence-corrected chi connectivity index (χ1v) is 6.36. The summed E-state index contributed by atoms with van der Waals surface area (Å²) in [6.07, 6.45) is 1.31. The minimum Gasteiger partial charge on any atom is -0.298 e. The molecule has 5 nitrogen and oxygen atoms in total. The van der Waals surface area contributed by atoms with Crippen LogP contribution in [0.4, 0.5) is 0 Å². The summed E-state index contributed by atoms with van der Waals surface area (Å²) in [5.74, 6) is 0. The van der Waals surface area contributed by atoms with E-state index in [0.29, 0.717) is 16.0 Å². The lowest BCUT2D eigenvalue weighted by molar-refractivity contribution is 0.768. The predicted octanol–water partition coefficient (Wildman–Crippen LogP) is 1.95. The van der Waals surface area contributed by atoms with Crippen LogP contribution in [0, 0.1) is 0 Å². The van der Waals surface area contributed by atoms with Crippen molar-refractivity contribution in [1.29, 1.82) is 0 Å². The van der Waals surface area contributed by atoms with E-state index in [9.17, 15) is 4.79 Å². The Morgan fingerprint density at radius 1 is 1.28 bits per heavy atom. The first kappa shape index (κ1) is 11.3. The normalized spacial score (nSPS) is 10.9. The summed E-state index contributed by atoms with van der Waals surface area (Å²) in [5.41, 5.74) is 1.38. The molecule has 90 valence electrons. The van der Waals surface area contributed by atoms with Crippen LogP contribution in [0.3, 0.4) is 0 Å². The second kappa shape index (κ2) is 4.47. The number of nitrogens with zero attached hydrogens (tertiary/aromatic N) is 4. The van der Waals surface area contributed by atoms with Crippen LogP contribution in [0.1, 0.15) is 5.01 Å². The maximum Gasteiger partial charge on any atom is 0.269 e. The van der Waals surface area contributed by atoms with Gasteiger partial charge in [-0.25, -0.2) is 4.98 Å². The standard InChI is InChI=1S/C11H7ClN4OS/c12-11-15-14-9(18-11)6-16-8-4-2-1-3-7(8)13-5-10(16)17/h1-5H,6H2. The summed E-state index contributed by atoms with van der Waals surface area (Å²) in [7, 11) is 0. The molecule has 3 aromatic rings. The molecule has 2 aromatic heterocycles. The van der Waals surface area contributed by atoms with Crippen LogP contribution >= 0.6 is 22.9 Å². The Bertz CT molecular complexity index is 767. The van der Waals surface area contributed by atoms with Gasteiger partial charge in [0.05, 0.1) is 23.8 Å². The van der Waals surface area contributed by atoms with Crippen LogP contribution in [0.15, 0.2) is 35.3 Å². The van der Waals surface area contributed by atoms with Crippen molar-refractivity contribution >= 4 is 34.0 Å². The third-order valence-corrected chi connectivity index (χ3v) is 3.49. The van der Waals surface area contributed by atoms with Crippen molar-refractivity contribution in [3.63, 3.8) is 0 Å². The molecule has 1 aromatic carbocycles. The minimum atomic E-state index is -0.167. The molecule has 0 unspecified atom stereocenters. The zero-order chi connectivity index (χ0) is 12.5. The number of benzene rings is 1. The molecule has 0 N–H and O–H groups in total. The average molecular weight is 279 g/mol. The number of aromatic nitrogens is 4. The van der Waals surface area contributed by atoms with Gasteiger partial charge in [-0.05, 0) is 23.7 Å². The molecule has 0 aliphatic carbocycles. The Labute approximate surface area is 111 Å². The third-order valence-electron chi connectivity index (χ3n) is 2.49. The quantitative estimate of drug-likeness (QED) is 0.719. The Hall–Kier alpha value is -1.79. The molecule has 0 fully saturated rings. The molecular weight excluding hydrogens is 272 g/mol. The maximum atomic E-state index is 11.9. The van der Waals surface area contributed by atoms with Crippen molar-refractivity contribution in [2.75, 3.05) is 0 Å². The van der Waals surface area contributed by atoms with Gasteiger partial charge in [0.1, 0.15) is 5.01 Å². The molecule has 0 radical (unpaired) electrons. The van der Waals surface area contributed by atoms with Crippen molar-refractivity contribution < 1.29 is 0 Å². The number of para-hydroxylation sites is 2. The van der Waals surface area contributed by atoms with E-state index in [1.165, 1.54) is 17.5 Å². The van der Waals surface area contributed by atoms with E-state index in [-0.39, 0.29) is 5.56 Å². The molecule has 0 aliphatic rings. The van der Waals surface area contributed by atoms with Gasteiger partial charge in [-0.2, -0.15) is 0 Å². The molecule has 0 aliphatic heterocycles. The topological polar surface area (TPSA) is 60.7 Å². The van der Waals surface area contributed by atoms with Gasteiger partial charge < -0.3 is 0 Å². The highest BCUT2D eigenvalue weighted by atomic mass is 35.5. The summed E-state index contributed by atoms with van der Waals surface area (Å²) in [6.45, 7) is 0.353. The van der Waals surface area contributed by atoms with Crippen molar-refractivity contribution in [2.45, 2.75) is 6.54 Å². The summed E-state index contributed by atoms with van der Waals surface area (Å²) in [5, 5.41) is 8.33. The SMILES string of the molecule is O=c1cnc2ccccc2n1Cc1nnc(Cl)s1. The molecule has 0 saturated carbocycles. The molecule has 0 bridgehead atoms. The first-order valence-electron chi connectivity index (χ1n) is 5.16. The molecule has 0 atom stereocenters. The van der Waals surface area contributed by atoms with Crippen LogP contribution < -0.4 is 5.56 Å². The van der Waals surface area contributed by atoms with E-state index in [0.717, 1.165) is 11.0 Å². The number of rotatable bonds is 2. The lowest BCUT2D eigenvalue weighted by atomic mass is 10.3. The summed E-state index contributed by atoms with van der Waals surface area (Å²) >= 11 is 6.99. The average Bonchev–Trinajstić information content (AvgIpc) is 2.79. The molecule has 0 amide bonds. The van der Waals surface area contributed by atoms with E-state index in [2.05, 4.69) is 15.2 Å². The fourth-order valence-electron chi connectivity index (χ4n) is 1.71. The van der Waals surface area contributed by atoms with Crippen molar-refractivity contribution in [3.05, 3.63) is 50.3 Å². The molecule has 0 spiro atoms. The predicted molar refractivity (Wildman–Crippen MR) is 70.0 cm³/mol. The summed E-state index contributed by atoms with van der Waals surface area (Å²) in [4.78, 5) is 16.0. The first-order chi connectivity index (χ1) is 8.74. The molecular formula is C11H7ClN4OS. The van der Waals surface area contributed by atoms with Crippen LogP contribution in [0.2, 0.25) is 4.47 Å². The monoisotopic (exact) mass is 278 g/mol. The van der Waals surface area contributed by atoms with Gasteiger partial charge in [0, 0.05) is 0 Å². The van der Waals surface area contributed by atoms with Crippen LogP contribution in [-0.4, -0.2) is 19.7 Å². The molecule has 3 rings (SSSR count). The summed E-state index contributed by atoms with van der Waals surface area (Å²) in [6, 6.07) is 7.46. The largest absolute Gasteiger partial charge is 0.298 e. The number of halogens is 1. The molecule has 7 heteroatoms. The highest BCUT2D eigenvalue weighted by Gasteiger charge is 2.07. The van der Waals surface area contributed by atoms with Gasteiger partial charge >= 0.3 is 0 Å². The molecule has 2 heterocycles. The zero-order valence-electron chi connectivity index (χ0n) is 9.08. The van der Waals surface area contributed by atoms with E-state index >= 15 is 0 Å². The van der Waals surface area contributed by atoms with Gasteiger partial charge in [0.2, 0.25) is 4.47 Å². The van der Waals surface area contributed by atoms with Gasteiger partial charge in [-0.1, -0.05) is 23.5 Å². The van der Waals surface area contributed by atoms with Crippen molar-refractivity contribution in [2.24, 2.45) is 0 Å². The van der Waals surface area contributed by atoms with Crippen molar-refractivity contribution in [3.8, 4) is 0 Å². The number of hydrogen-bond acceptors (Lipinski definition) is 5. The molecule has 0 saturated heterocycles. The van der Waals surface area contributed by atoms with Crippen LogP contribution in [-0.2, 0) is 6.54 Å². The minimum absolute atomic E-state index is 0.167. The zero-order valence-corrected chi connectivity index (χ0v) is 10.6. The highest BCUT2D eigenvalue weighted by molar-refractivity contribution is 7.15. The Morgan fingerprint density at radius 2 is 2.11 bits per heavy atom. The fraction of sp³-hybridized carbons (Fsp3) is 0.0909. The second-order valence-corrected chi connectivity index (χ2v) is 5.26. The third kappa shape index (κ3) is 2.00. The van der Waals surface area contributed by atoms with E-state index in [1.807, 2.05) is 24.3 Å². The summed E-state index contributed by atoms with van der Waals surface area (Å²) < 4.78 is 1.98. The number of hydrogen-bond donors (Lipinski definition) is 0. The Balaban J connectivity index is 2.16. The van der Waals surface area contributed by atoms with Gasteiger partial charge in [0.25, 0.3) is 5.56 Å². The second-order valence-electron chi connectivity index (χ2n) is 3.62. The molecule has 18 heavy (non-hydrogen) atoms. The Morgan fingerprint density at radius 3 is 2.89 bits per heavy atom. The van der Waals surface area contributed by atoms with E-state index in [1.54, 1.807) is 4.57 Å². The van der Waals surface area contributed by atoms with Gasteiger partial charge in [-0.15, -0.1) is 10.2 Å². The number of fused-ring (bicyclic) bond motifs is 1. The highest BCUT2D eigenvalue weighted by Crippen LogP contribution is 2.17. The fourth-order valence-corrected chi connectivity index (χ4v) is 2.57. The van der Waals surface area contributed by atoms with Gasteiger partial charge in [-0.3, -0.25) is 9.36 Å². The van der Waals surface area contributed by atoms with E-state index in [4.69, 9.17) is 11.6 Å². The van der Waals surface area contributed by atoms with Crippen LogP contribution in [0.25, 0.3) is 11.0 Å².